The summed E-state index contributed by atoms with van der Waals surface area (Å²) >= 11 is 0. The fourth-order valence-corrected chi connectivity index (χ4v) is 1.92. The minimum atomic E-state index is -0.395. The maximum atomic E-state index is 12.1. The Hall–Kier alpha value is -2.76. The minimum absolute atomic E-state index is 0.0928. The highest BCUT2D eigenvalue weighted by molar-refractivity contribution is 5.77. The highest BCUT2D eigenvalue weighted by Crippen LogP contribution is 2.21. The summed E-state index contributed by atoms with van der Waals surface area (Å²) in [5.74, 6) is -0.275. The Morgan fingerprint density at radius 2 is 2.00 bits per heavy atom. The molecule has 0 atom stereocenters. The minimum Gasteiger partial charge on any atom is -0.399 e. The molecule has 0 saturated heterocycles. The van der Waals surface area contributed by atoms with Gasteiger partial charge in [0.05, 0.1) is 11.4 Å². The third-order valence-corrected chi connectivity index (χ3v) is 2.97. The first-order chi connectivity index (χ1) is 9.52. The lowest BCUT2D eigenvalue weighted by molar-refractivity contribution is -0.121. The SMILES string of the molecule is CNC(=O)Cn1c(-c2cccc(N)c2)ccc(N)c1=O. The zero-order valence-corrected chi connectivity index (χ0v) is 11.1. The highest BCUT2D eigenvalue weighted by atomic mass is 16.2. The number of pyridine rings is 1. The van der Waals surface area contributed by atoms with Gasteiger partial charge in [-0.2, -0.15) is 0 Å². The number of anilines is 2. The molecule has 104 valence electrons. The number of hydrogen-bond donors (Lipinski definition) is 3. The van der Waals surface area contributed by atoms with Gasteiger partial charge < -0.3 is 16.8 Å². The van der Waals surface area contributed by atoms with Gasteiger partial charge in [-0.15, -0.1) is 0 Å². The molecule has 5 N–H and O–H groups in total. The van der Waals surface area contributed by atoms with Crippen LogP contribution in [0.15, 0.2) is 41.2 Å². The van der Waals surface area contributed by atoms with Crippen LogP contribution in [-0.4, -0.2) is 17.5 Å². The molecule has 0 spiro atoms. The fourth-order valence-electron chi connectivity index (χ4n) is 1.92. The Morgan fingerprint density at radius 1 is 1.25 bits per heavy atom. The summed E-state index contributed by atoms with van der Waals surface area (Å²) in [7, 11) is 1.51. The first kappa shape index (κ1) is 13.7. The van der Waals surface area contributed by atoms with Gasteiger partial charge in [0.1, 0.15) is 6.54 Å². The zero-order valence-electron chi connectivity index (χ0n) is 11.1. The van der Waals surface area contributed by atoms with E-state index in [1.165, 1.54) is 17.7 Å². The molecule has 0 unspecified atom stereocenters. The van der Waals surface area contributed by atoms with E-state index in [0.29, 0.717) is 11.4 Å². The van der Waals surface area contributed by atoms with E-state index in [2.05, 4.69) is 5.32 Å². The van der Waals surface area contributed by atoms with Gasteiger partial charge in [-0.1, -0.05) is 12.1 Å². The van der Waals surface area contributed by atoms with Gasteiger partial charge in [0, 0.05) is 18.3 Å². The van der Waals surface area contributed by atoms with Crippen molar-refractivity contribution in [2.24, 2.45) is 0 Å². The molecular formula is C14H16N4O2. The van der Waals surface area contributed by atoms with Gasteiger partial charge in [0.2, 0.25) is 5.91 Å². The van der Waals surface area contributed by atoms with Crippen LogP contribution in [0.4, 0.5) is 11.4 Å². The van der Waals surface area contributed by atoms with Crippen molar-refractivity contribution in [3.63, 3.8) is 0 Å². The molecule has 6 heteroatoms. The fraction of sp³-hybridized carbons (Fsp3) is 0.143. The standard InChI is InChI=1S/C14H16N4O2/c1-17-13(19)8-18-12(6-5-11(16)14(18)20)9-3-2-4-10(15)7-9/h2-7H,8,15-16H2,1H3,(H,17,19). The molecule has 1 amide bonds. The summed E-state index contributed by atoms with van der Waals surface area (Å²) in [5, 5.41) is 2.49. The summed E-state index contributed by atoms with van der Waals surface area (Å²) in [6.07, 6.45) is 0. The summed E-state index contributed by atoms with van der Waals surface area (Å²) in [4.78, 5) is 23.7. The molecule has 0 saturated carbocycles. The van der Waals surface area contributed by atoms with E-state index in [1.54, 1.807) is 24.3 Å². The summed E-state index contributed by atoms with van der Waals surface area (Å²) < 4.78 is 1.34. The first-order valence-corrected chi connectivity index (χ1v) is 6.08. The Labute approximate surface area is 116 Å². The van der Waals surface area contributed by atoms with Crippen LogP contribution in [0.3, 0.4) is 0 Å². The van der Waals surface area contributed by atoms with Crippen molar-refractivity contribution in [2.75, 3.05) is 18.5 Å². The number of aromatic nitrogens is 1. The second-order valence-corrected chi connectivity index (χ2v) is 4.36. The van der Waals surface area contributed by atoms with E-state index < -0.39 is 5.56 Å². The third kappa shape index (κ3) is 2.64. The average molecular weight is 272 g/mol. The van der Waals surface area contributed by atoms with Crippen molar-refractivity contribution < 1.29 is 4.79 Å². The molecule has 2 aromatic rings. The monoisotopic (exact) mass is 272 g/mol. The van der Waals surface area contributed by atoms with Crippen molar-refractivity contribution in [3.05, 3.63) is 46.8 Å². The van der Waals surface area contributed by atoms with E-state index in [1.807, 2.05) is 6.07 Å². The van der Waals surface area contributed by atoms with Crippen molar-refractivity contribution in [2.45, 2.75) is 6.54 Å². The van der Waals surface area contributed by atoms with Gasteiger partial charge in [-0.25, -0.2) is 0 Å². The van der Waals surface area contributed by atoms with Crippen molar-refractivity contribution >= 4 is 17.3 Å². The average Bonchev–Trinajstić information content (AvgIpc) is 2.44. The lowest BCUT2D eigenvalue weighted by atomic mass is 10.1. The number of nitrogens with two attached hydrogens (primary N) is 2. The Morgan fingerprint density at radius 3 is 2.65 bits per heavy atom. The van der Waals surface area contributed by atoms with Gasteiger partial charge in [-0.3, -0.25) is 14.2 Å². The predicted octanol–water partition coefficient (Wildman–Crippen LogP) is 0.426. The number of benzene rings is 1. The van der Waals surface area contributed by atoms with Gasteiger partial charge in [-0.05, 0) is 24.3 Å². The maximum absolute atomic E-state index is 12.1. The van der Waals surface area contributed by atoms with Gasteiger partial charge in [0.15, 0.2) is 0 Å². The largest absolute Gasteiger partial charge is 0.399 e. The summed E-state index contributed by atoms with van der Waals surface area (Å²) in [6, 6.07) is 10.3. The molecule has 2 rings (SSSR count). The maximum Gasteiger partial charge on any atom is 0.274 e. The number of rotatable bonds is 3. The molecule has 0 aliphatic rings. The van der Waals surface area contributed by atoms with Crippen LogP contribution in [0.1, 0.15) is 0 Å². The van der Waals surface area contributed by atoms with Crippen LogP contribution in [0.2, 0.25) is 0 Å². The highest BCUT2D eigenvalue weighted by Gasteiger charge is 2.11. The summed E-state index contributed by atoms with van der Waals surface area (Å²) in [6.45, 7) is -0.0928. The number of nitrogens with one attached hydrogen (secondary N) is 1. The number of carbonyl (C=O) groups is 1. The lowest BCUT2D eigenvalue weighted by Gasteiger charge is -2.13. The van der Waals surface area contributed by atoms with E-state index in [-0.39, 0.29) is 18.1 Å². The second kappa shape index (κ2) is 5.48. The molecule has 0 bridgehead atoms. The molecule has 0 radical (unpaired) electrons. The number of likely N-dealkylation sites (N-methyl/N-ethyl adjacent to an activating group) is 1. The zero-order chi connectivity index (χ0) is 14.7. The number of nitrogen functional groups attached to an aromatic ring is 2. The van der Waals surface area contributed by atoms with E-state index in [4.69, 9.17) is 11.5 Å². The van der Waals surface area contributed by atoms with Crippen molar-refractivity contribution in [3.8, 4) is 11.3 Å². The van der Waals surface area contributed by atoms with Crippen molar-refractivity contribution in [1.29, 1.82) is 0 Å². The van der Waals surface area contributed by atoms with Crippen LogP contribution < -0.4 is 22.3 Å². The molecule has 20 heavy (non-hydrogen) atoms. The number of hydrogen-bond acceptors (Lipinski definition) is 4. The topological polar surface area (TPSA) is 103 Å². The predicted molar refractivity (Wildman–Crippen MR) is 79.0 cm³/mol. The molecule has 1 heterocycles. The molecule has 1 aromatic heterocycles. The van der Waals surface area contributed by atoms with Crippen LogP contribution in [0.5, 0.6) is 0 Å². The van der Waals surface area contributed by atoms with E-state index >= 15 is 0 Å². The Balaban J connectivity index is 2.61. The molecule has 6 nitrogen and oxygen atoms in total. The van der Waals surface area contributed by atoms with Crippen molar-refractivity contribution in [1.82, 2.24) is 9.88 Å². The third-order valence-electron chi connectivity index (χ3n) is 2.97. The van der Waals surface area contributed by atoms with E-state index in [9.17, 15) is 9.59 Å². The van der Waals surface area contributed by atoms with Crippen LogP contribution in [0.25, 0.3) is 11.3 Å². The van der Waals surface area contributed by atoms with Gasteiger partial charge in [0.25, 0.3) is 5.56 Å². The lowest BCUT2D eigenvalue weighted by Crippen LogP contribution is -2.32. The molecule has 0 aliphatic heterocycles. The van der Waals surface area contributed by atoms with Crippen LogP contribution >= 0.6 is 0 Å². The first-order valence-electron chi connectivity index (χ1n) is 6.08. The number of nitrogens with zero attached hydrogens (tertiary/aromatic N) is 1. The van der Waals surface area contributed by atoms with E-state index in [0.717, 1.165) is 5.56 Å². The quantitative estimate of drug-likeness (QED) is 0.705. The summed E-state index contributed by atoms with van der Waals surface area (Å²) in [5.41, 5.74) is 13.0. The molecule has 0 fully saturated rings. The molecule has 1 aromatic carbocycles. The number of carbonyl (C=O) groups excluding carboxylic acids is 1. The van der Waals surface area contributed by atoms with Crippen LogP contribution in [0, 0.1) is 0 Å². The van der Waals surface area contributed by atoms with Crippen LogP contribution in [-0.2, 0) is 11.3 Å². The molecular weight excluding hydrogens is 256 g/mol. The Kier molecular flexibility index (Phi) is 3.74. The second-order valence-electron chi connectivity index (χ2n) is 4.36. The molecule has 0 aliphatic carbocycles. The smallest absolute Gasteiger partial charge is 0.274 e. The Bertz CT molecular complexity index is 707. The number of amides is 1. The van der Waals surface area contributed by atoms with Gasteiger partial charge >= 0.3 is 0 Å². The normalized spacial score (nSPS) is 10.2.